The van der Waals surface area contributed by atoms with E-state index in [0.717, 1.165) is 19.5 Å². The minimum atomic E-state index is 0.993. The van der Waals surface area contributed by atoms with Crippen molar-refractivity contribution in [2.45, 2.75) is 65.3 Å². The average molecular weight is 310 g/mol. The molecule has 1 aromatic rings. The molecule has 120 valence electrons. The molecule has 1 saturated heterocycles. The van der Waals surface area contributed by atoms with Crippen molar-refractivity contribution in [3.8, 4) is 0 Å². The molecule has 0 spiro atoms. The van der Waals surface area contributed by atoms with Gasteiger partial charge in [0.1, 0.15) is 0 Å². The van der Waals surface area contributed by atoms with Crippen molar-refractivity contribution in [3.63, 3.8) is 0 Å². The van der Waals surface area contributed by atoms with Gasteiger partial charge in [0.25, 0.3) is 0 Å². The Morgan fingerprint density at radius 3 is 2.67 bits per heavy atom. The van der Waals surface area contributed by atoms with E-state index in [1.165, 1.54) is 73.7 Å². The first-order chi connectivity index (χ1) is 10.3. The van der Waals surface area contributed by atoms with Crippen molar-refractivity contribution in [1.29, 1.82) is 0 Å². The molecule has 4 heteroatoms. The van der Waals surface area contributed by atoms with Crippen molar-refractivity contribution < 1.29 is 0 Å². The number of nitrogens with zero attached hydrogens (tertiary/aromatic N) is 2. The third-order valence-electron chi connectivity index (χ3n) is 4.27. The van der Waals surface area contributed by atoms with Crippen molar-refractivity contribution in [3.05, 3.63) is 15.6 Å². The van der Waals surface area contributed by atoms with Crippen LogP contribution in [0.15, 0.2) is 0 Å². The zero-order valence-corrected chi connectivity index (χ0v) is 14.6. The smallest absolute Gasteiger partial charge is 0.0944 e. The molecule has 0 aromatic carbocycles. The molecule has 0 amide bonds. The number of aryl methyl sites for hydroxylation is 1. The number of thiazole rings is 1. The molecule has 0 saturated carbocycles. The molecule has 1 fully saturated rings. The van der Waals surface area contributed by atoms with Crippen LogP contribution in [0.4, 0.5) is 0 Å². The van der Waals surface area contributed by atoms with Crippen LogP contribution in [0.1, 0.15) is 61.0 Å². The van der Waals surface area contributed by atoms with E-state index >= 15 is 0 Å². The summed E-state index contributed by atoms with van der Waals surface area (Å²) in [6.07, 6.45) is 9.24. The number of hydrogen-bond donors (Lipinski definition) is 1. The predicted octanol–water partition coefficient (Wildman–Crippen LogP) is 3.76. The highest BCUT2D eigenvalue weighted by atomic mass is 32.1. The van der Waals surface area contributed by atoms with E-state index in [0.29, 0.717) is 0 Å². The number of rotatable bonds is 8. The molecular weight excluding hydrogens is 278 g/mol. The van der Waals surface area contributed by atoms with E-state index in [1.54, 1.807) is 0 Å². The van der Waals surface area contributed by atoms with Gasteiger partial charge in [-0.25, -0.2) is 4.98 Å². The number of aromatic nitrogens is 1. The monoisotopic (exact) mass is 309 g/mol. The average Bonchev–Trinajstić information content (AvgIpc) is 2.68. The first kappa shape index (κ1) is 16.9. The highest BCUT2D eigenvalue weighted by molar-refractivity contribution is 7.11. The second-order valence-corrected chi connectivity index (χ2v) is 7.32. The molecule has 1 aromatic heterocycles. The lowest BCUT2D eigenvalue weighted by Crippen LogP contribution is -2.26. The number of hydrogen-bond acceptors (Lipinski definition) is 4. The lowest BCUT2D eigenvalue weighted by Gasteiger charge is -2.18. The maximum Gasteiger partial charge on any atom is 0.0944 e. The van der Waals surface area contributed by atoms with Gasteiger partial charge in [0.15, 0.2) is 0 Å². The summed E-state index contributed by atoms with van der Waals surface area (Å²) in [4.78, 5) is 8.82. The van der Waals surface area contributed by atoms with E-state index in [1.807, 2.05) is 11.3 Å². The summed E-state index contributed by atoms with van der Waals surface area (Å²) in [5.74, 6) is 0. The first-order valence-corrected chi connectivity index (χ1v) is 9.49. The fraction of sp³-hybridized carbons (Fsp3) is 0.824. The van der Waals surface area contributed by atoms with E-state index in [4.69, 9.17) is 4.98 Å². The Hall–Kier alpha value is -0.450. The van der Waals surface area contributed by atoms with E-state index < -0.39 is 0 Å². The molecule has 0 aliphatic carbocycles. The zero-order chi connectivity index (χ0) is 14.9. The lowest BCUT2D eigenvalue weighted by molar-refractivity contribution is 0.288. The van der Waals surface area contributed by atoms with Gasteiger partial charge in [-0.15, -0.1) is 11.3 Å². The van der Waals surface area contributed by atoms with Gasteiger partial charge in [-0.3, -0.25) is 0 Å². The molecule has 0 unspecified atom stereocenters. The summed E-state index contributed by atoms with van der Waals surface area (Å²) >= 11 is 1.91. The second-order valence-electron chi connectivity index (χ2n) is 6.15. The predicted molar refractivity (Wildman–Crippen MR) is 92.1 cm³/mol. The Bertz CT molecular complexity index is 395. The van der Waals surface area contributed by atoms with Crippen LogP contribution in [-0.4, -0.2) is 36.1 Å². The minimum Gasteiger partial charge on any atom is -0.312 e. The standard InChI is InChI=1S/C17H31N3S/c1-3-4-10-18-14-16-15(2)19-17(21-16)9-13-20-11-7-5-6-8-12-20/h18H,3-14H2,1-2H3. The number of nitrogens with one attached hydrogen (secondary N) is 1. The SMILES string of the molecule is CCCCNCc1sc(CCN2CCCCCC2)nc1C. The normalized spacial score (nSPS) is 17.0. The first-order valence-electron chi connectivity index (χ1n) is 8.68. The topological polar surface area (TPSA) is 28.2 Å². The maximum absolute atomic E-state index is 4.77. The Balaban J connectivity index is 1.75. The summed E-state index contributed by atoms with van der Waals surface area (Å²) in [5, 5.41) is 4.85. The van der Waals surface area contributed by atoms with Gasteiger partial charge < -0.3 is 10.2 Å². The number of unbranched alkanes of at least 4 members (excludes halogenated alkanes) is 1. The third-order valence-corrected chi connectivity index (χ3v) is 5.49. The number of likely N-dealkylation sites (tertiary alicyclic amines) is 1. The lowest BCUT2D eigenvalue weighted by atomic mass is 10.2. The summed E-state index contributed by atoms with van der Waals surface area (Å²) in [6, 6.07) is 0. The van der Waals surface area contributed by atoms with Gasteiger partial charge in [0.2, 0.25) is 0 Å². The quantitative estimate of drug-likeness (QED) is 0.741. The van der Waals surface area contributed by atoms with Crippen LogP contribution < -0.4 is 5.32 Å². The van der Waals surface area contributed by atoms with E-state index in [2.05, 4.69) is 24.1 Å². The van der Waals surface area contributed by atoms with Crippen molar-refractivity contribution in [1.82, 2.24) is 15.2 Å². The van der Waals surface area contributed by atoms with Gasteiger partial charge in [-0.05, 0) is 45.8 Å². The fourth-order valence-corrected chi connectivity index (χ4v) is 3.90. The highest BCUT2D eigenvalue weighted by Crippen LogP contribution is 2.19. The van der Waals surface area contributed by atoms with Crippen molar-refractivity contribution >= 4 is 11.3 Å². The van der Waals surface area contributed by atoms with Gasteiger partial charge in [0.05, 0.1) is 10.7 Å². The summed E-state index contributed by atoms with van der Waals surface area (Å²) in [7, 11) is 0. The molecule has 0 radical (unpaired) electrons. The summed E-state index contributed by atoms with van der Waals surface area (Å²) in [6.45, 7) is 10.3. The molecular formula is C17H31N3S. The van der Waals surface area contributed by atoms with E-state index in [9.17, 15) is 0 Å². The van der Waals surface area contributed by atoms with Crippen molar-refractivity contribution in [2.24, 2.45) is 0 Å². The Labute approximate surface area is 134 Å². The molecule has 0 atom stereocenters. The van der Waals surface area contributed by atoms with Gasteiger partial charge in [-0.1, -0.05) is 26.2 Å². The molecule has 2 heterocycles. The molecule has 1 aliphatic heterocycles. The van der Waals surface area contributed by atoms with Gasteiger partial charge >= 0.3 is 0 Å². The third kappa shape index (κ3) is 6.05. The second kappa shape index (κ2) is 9.54. The van der Waals surface area contributed by atoms with Crippen LogP contribution in [0.5, 0.6) is 0 Å². The van der Waals surface area contributed by atoms with Gasteiger partial charge in [-0.2, -0.15) is 0 Å². The van der Waals surface area contributed by atoms with Crippen LogP contribution in [0.3, 0.4) is 0 Å². The highest BCUT2D eigenvalue weighted by Gasteiger charge is 2.11. The van der Waals surface area contributed by atoms with Crippen LogP contribution >= 0.6 is 11.3 Å². The fourth-order valence-electron chi connectivity index (χ4n) is 2.88. The maximum atomic E-state index is 4.77. The zero-order valence-electron chi connectivity index (χ0n) is 13.8. The Morgan fingerprint density at radius 1 is 1.19 bits per heavy atom. The van der Waals surface area contributed by atoms with Crippen LogP contribution in [0.25, 0.3) is 0 Å². The molecule has 2 rings (SSSR count). The Kier molecular flexibility index (Phi) is 7.69. The molecule has 21 heavy (non-hydrogen) atoms. The summed E-state index contributed by atoms with van der Waals surface area (Å²) < 4.78 is 0. The largest absolute Gasteiger partial charge is 0.312 e. The van der Waals surface area contributed by atoms with Crippen LogP contribution in [-0.2, 0) is 13.0 Å². The van der Waals surface area contributed by atoms with Crippen molar-refractivity contribution in [2.75, 3.05) is 26.2 Å². The molecule has 3 nitrogen and oxygen atoms in total. The van der Waals surface area contributed by atoms with E-state index in [-0.39, 0.29) is 0 Å². The minimum absolute atomic E-state index is 0.993. The van der Waals surface area contributed by atoms with Gasteiger partial charge in [0, 0.05) is 24.4 Å². The molecule has 0 bridgehead atoms. The van der Waals surface area contributed by atoms with Crippen LogP contribution in [0.2, 0.25) is 0 Å². The summed E-state index contributed by atoms with van der Waals surface area (Å²) in [5.41, 5.74) is 1.23. The Morgan fingerprint density at radius 2 is 1.95 bits per heavy atom. The molecule has 1 aliphatic rings. The van der Waals surface area contributed by atoms with Crippen LogP contribution in [0, 0.1) is 6.92 Å². The molecule has 1 N–H and O–H groups in total.